The molecule has 0 fully saturated rings. The van der Waals surface area contributed by atoms with E-state index in [1.165, 1.54) is 5.69 Å². The lowest BCUT2D eigenvalue weighted by atomic mass is 9.83. The molecule has 0 spiro atoms. The molecule has 2 aliphatic rings. The van der Waals surface area contributed by atoms with Crippen LogP contribution >= 0.6 is 0 Å². The number of carbonyl (C=O) groups is 2. The second kappa shape index (κ2) is 19.0. The van der Waals surface area contributed by atoms with Gasteiger partial charge in [0.2, 0.25) is 0 Å². The van der Waals surface area contributed by atoms with Gasteiger partial charge in [0.05, 0.1) is 19.4 Å². The van der Waals surface area contributed by atoms with E-state index in [4.69, 9.17) is 4.74 Å². The van der Waals surface area contributed by atoms with E-state index in [1.54, 1.807) is 0 Å². The van der Waals surface area contributed by atoms with Crippen LogP contribution in [-0.2, 0) is 70.5 Å². The summed E-state index contributed by atoms with van der Waals surface area (Å²) in [5.74, 6) is -1.04. The zero-order chi connectivity index (χ0) is 53.9. The van der Waals surface area contributed by atoms with Crippen LogP contribution in [0.4, 0.5) is 0 Å². The molecule has 12 nitrogen and oxygen atoms in total. The van der Waals surface area contributed by atoms with Crippen LogP contribution in [0.2, 0.25) is 0 Å². The maximum absolute atomic E-state index is 12.7. The number of carbonyl (C=O) groups excluding carboxylic acids is 1. The first kappa shape index (κ1) is 56.9. The number of carboxylic acid groups (broad SMARTS) is 1. The Labute approximate surface area is 451 Å². The highest BCUT2D eigenvalue weighted by Gasteiger charge is 2.40. The average molecular weight is 1030 g/mol. The number of hydrogen-bond acceptors (Lipinski definition) is 3. The van der Waals surface area contributed by atoms with Crippen LogP contribution in [0.1, 0.15) is 235 Å². The van der Waals surface area contributed by atoms with Crippen molar-refractivity contribution in [2.24, 2.45) is 0 Å². The first-order chi connectivity index (χ1) is 34.3. The Hall–Kier alpha value is -6.82. The number of nitrogens with one attached hydrogen (secondary N) is 8. The summed E-state index contributed by atoms with van der Waals surface area (Å²) in [7, 11) is 0. The van der Waals surface area contributed by atoms with Gasteiger partial charge in [-0.25, -0.2) is 0 Å². The Morgan fingerprint density at radius 1 is 0.355 bits per heavy atom. The van der Waals surface area contributed by atoms with E-state index >= 15 is 0 Å². The standard InChI is InChI=1S/C32H42N4O2.C30H38N4O2.2CH4/c1-10-38-27(37)18-19-17-26-31(6,7)24-14-13-22(34-24)29(2,3)20-11-12-21(33-20)30(4,5)23-15-16-25(35-23)32(8,9)28(19)36-26;1-27(2)18-9-10-19(31-18)28(3,4)21-13-14-23(33-21)30(7,8)26-17(16-25(35)36)15-24(34-26)29(5,6)22-12-11-20(27)32-22;;/h11-17,33-36H,10,18H2,1-9H3;9-15,31-34H,16H2,1-8H3,(H,35,36);2*1H4. The summed E-state index contributed by atoms with van der Waals surface area (Å²) in [6.07, 6.45) is 0.199. The van der Waals surface area contributed by atoms with Crippen LogP contribution in [0.5, 0.6) is 0 Å². The summed E-state index contributed by atoms with van der Waals surface area (Å²) in [6.45, 7) is 37.6. The second-order valence-corrected chi connectivity index (χ2v) is 25.4. The topological polar surface area (TPSA) is 190 Å². The van der Waals surface area contributed by atoms with Crippen LogP contribution in [0.25, 0.3) is 0 Å². The van der Waals surface area contributed by atoms with Crippen molar-refractivity contribution < 1.29 is 19.4 Å². The molecule has 0 saturated heterocycles. The number of hydrogen-bond donors (Lipinski definition) is 9. The highest BCUT2D eigenvalue weighted by atomic mass is 16.5. The van der Waals surface area contributed by atoms with Gasteiger partial charge in [0.25, 0.3) is 0 Å². The zero-order valence-electron chi connectivity index (χ0n) is 46.9. The van der Waals surface area contributed by atoms with Crippen LogP contribution in [0, 0.1) is 0 Å². The molecular weight excluding hydrogens is 945 g/mol. The van der Waals surface area contributed by atoms with Gasteiger partial charge in [0, 0.05) is 134 Å². The number of carboxylic acids is 1. The van der Waals surface area contributed by atoms with Crippen molar-refractivity contribution in [2.45, 2.75) is 189 Å². The second-order valence-electron chi connectivity index (χ2n) is 25.4. The lowest BCUT2D eigenvalue weighted by molar-refractivity contribution is -0.142. The number of fused-ring (bicyclic) bond motifs is 16. The summed E-state index contributed by atoms with van der Waals surface area (Å²) in [4.78, 5) is 54.4. The summed E-state index contributed by atoms with van der Waals surface area (Å²) in [5, 5.41) is 9.71. The summed E-state index contributed by atoms with van der Waals surface area (Å²) >= 11 is 0. The molecule has 0 saturated carbocycles. The third-order valence-electron chi connectivity index (χ3n) is 17.6. The molecule has 0 aromatic carbocycles. The summed E-state index contributed by atoms with van der Waals surface area (Å²) < 4.78 is 5.35. The van der Waals surface area contributed by atoms with Gasteiger partial charge in [-0.05, 0) is 214 Å². The number of rotatable bonds is 5. The fourth-order valence-electron chi connectivity index (χ4n) is 11.5. The van der Waals surface area contributed by atoms with Crippen molar-refractivity contribution in [3.63, 3.8) is 0 Å². The highest BCUT2D eigenvalue weighted by molar-refractivity contribution is 5.73. The Balaban J connectivity index is 0.000000216. The Kier molecular flexibility index (Phi) is 14.2. The number of esters is 1. The fraction of sp³-hybridized carbons (Fsp3) is 0.469. The molecule has 76 heavy (non-hydrogen) atoms. The molecule has 408 valence electrons. The minimum absolute atomic E-state index is 0. The molecular formula is C64H88N8O4. The SMILES string of the molecule is C.C.CC1(C)c2ccc([nH]2)C(C)(C)c2ccc([nH]2)C(C)(C)c2[nH]c(cc2CC(=O)O)C(C)(C)c2ccc1[nH]2.CCOC(=O)Cc1cc2[nH]c1C(C)(C)c1ccc([nH]1)C(C)(C)c1ccc([nH]1)C(C)(C)c1ccc([nH]1)C2(C)C. The van der Waals surface area contributed by atoms with E-state index in [-0.39, 0.29) is 66.2 Å². The molecule has 0 unspecified atom stereocenters. The molecule has 8 aromatic heterocycles. The van der Waals surface area contributed by atoms with Crippen molar-refractivity contribution in [2.75, 3.05) is 6.61 Å². The predicted molar refractivity (Wildman–Crippen MR) is 309 cm³/mol. The minimum atomic E-state index is -0.833. The van der Waals surface area contributed by atoms with Gasteiger partial charge in [-0.3, -0.25) is 9.59 Å². The molecule has 10 heterocycles. The first-order valence-corrected chi connectivity index (χ1v) is 26.4. The normalized spacial score (nSPS) is 18.5. The molecule has 2 aliphatic heterocycles. The predicted octanol–water partition coefficient (Wildman–Crippen LogP) is 14.2. The van der Waals surface area contributed by atoms with Crippen molar-refractivity contribution in [1.82, 2.24) is 39.9 Å². The van der Waals surface area contributed by atoms with Crippen LogP contribution < -0.4 is 0 Å². The van der Waals surface area contributed by atoms with Crippen LogP contribution in [-0.4, -0.2) is 63.5 Å². The number of aromatic amines is 8. The van der Waals surface area contributed by atoms with Crippen LogP contribution in [0.3, 0.4) is 0 Å². The minimum Gasteiger partial charge on any atom is -0.481 e. The van der Waals surface area contributed by atoms with E-state index in [9.17, 15) is 14.7 Å². The van der Waals surface area contributed by atoms with E-state index in [1.807, 2.05) is 13.0 Å². The van der Waals surface area contributed by atoms with Crippen molar-refractivity contribution >= 4 is 11.9 Å². The van der Waals surface area contributed by atoms with Gasteiger partial charge in [0.15, 0.2) is 0 Å². The third kappa shape index (κ3) is 9.27. The van der Waals surface area contributed by atoms with Gasteiger partial charge in [-0.15, -0.1) is 0 Å². The molecule has 16 bridgehead atoms. The van der Waals surface area contributed by atoms with E-state index < -0.39 is 16.8 Å². The molecule has 12 heteroatoms. The number of H-pyrrole nitrogens is 8. The lowest BCUT2D eigenvalue weighted by Crippen LogP contribution is -2.26. The monoisotopic (exact) mass is 1030 g/mol. The third-order valence-corrected chi connectivity index (χ3v) is 17.6. The summed E-state index contributed by atoms with van der Waals surface area (Å²) in [6, 6.07) is 30.4. The number of aromatic nitrogens is 8. The molecule has 0 aliphatic carbocycles. The Morgan fingerprint density at radius 2 is 0.566 bits per heavy atom. The lowest BCUT2D eigenvalue weighted by Gasteiger charge is -2.28. The Morgan fingerprint density at radius 3 is 0.789 bits per heavy atom. The van der Waals surface area contributed by atoms with Gasteiger partial charge in [0.1, 0.15) is 0 Å². The highest BCUT2D eigenvalue weighted by Crippen LogP contribution is 2.45. The van der Waals surface area contributed by atoms with Gasteiger partial charge in [-0.1, -0.05) is 14.9 Å². The smallest absolute Gasteiger partial charge is 0.310 e. The molecule has 9 N–H and O–H groups in total. The average Bonchev–Trinajstić information content (AvgIpc) is 4.18. The van der Waals surface area contributed by atoms with E-state index in [0.717, 1.165) is 96.5 Å². The fourth-order valence-corrected chi connectivity index (χ4v) is 11.5. The van der Waals surface area contributed by atoms with E-state index in [0.29, 0.717) is 6.61 Å². The first-order valence-electron chi connectivity index (χ1n) is 26.4. The molecule has 8 aromatic rings. The molecule has 0 radical (unpaired) electrons. The molecule has 0 atom stereocenters. The number of ether oxygens (including phenoxy) is 1. The maximum Gasteiger partial charge on any atom is 0.310 e. The van der Waals surface area contributed by atoms with Crippen molar-refractivity contribution in [3.05, 3.63) is 187 Å². The van der Waals surface area contributed by atoms with E-state index in [2.05, 4.69) is 230 Å². The summed E-state index contributed by atoms with van der Waals surface area (Å²) in [5.41, 5.74) is 16.7. The van der Waals surface area contributed by atoms with Gasteiger partial charge in [-0.2, -0.15) is 0 Å². The largest absolute Gasteiger partial charge is 0.481 e. The van der Waals surface area contributed by atoms with Gasteiger partial charge >= 0.3 is 11.9 Å². The Bertz CT molecular complexity index is 3380. The maximum atomic E-state index is 12.7. The quantitative estimate of drug-likeness (QED) is 0.0776. The van der Waals surface area contributed by atoms with Crippen molar-refractivity contribution in [1.29, 1.82) is 0 Å². The molecule has 0 amide bonds. The van der Waals surface area contributed by atoms with Crippen molar-refractivity contribution in [3.8, 4) is 0 Å². The van der Waals surface area contributed by atoms with Crippen LogP contribution in [0.15, 0.2) is 84.9 Å². The number of aliphatic carboxylic acids is 1. The zero-order valence-corrected chi connectivity index (χ0v) is 46.9. The molecule has 10 rings (SSSR count). The van der Waals surface area contributed by atoms with Gasteiger partial charge < -0.3 is 49.7 Å².